The lowest BCUT2D eigenvalue weighted by molar-refractivity contribution is -0.757. The molecule has 3 aromatic rings. The number of aromatic nitrogens is 2. The lowest BCUT2D eigenvalue weighted by atomic mass is 9.98. The smallest absolute Gasteiger partial charge is 0.445 e. The molecule has 3 rings (SSSR count). The quantitative estimate of drug-likeness (QED) is 0.0400. The van der Waals surface area contributed by atoms with E-state index in [1.807, 2.05) is 42.5 Å². The summed E-state index contributed by atoms with van der Waals surface area (Å²) in [5.74, 6) is 6.75. The Kier molecular flexibility index (Phi) is 13.2. The van der Waals surface area contributed by atoms with Crippen LogP contribution in [0.15, 0.2) is 53.6 Å². The van der Waals surface area contributed by atoms with Gasteiger partial charge in [-0.25, -0.2) is 15.6 Å². The van der Waals surface area contributed by atoms with Gasteiger partial charge in [-0.3, -0.25) is 0 Å². The van der Waals surface area contributed by atoms with Crippen LogP contribution in [0.2, 0.25) is 5.15 Å². The number of carbonyl (C=O) groups is 1. The van der Waals surface area contributed by atoms with Crippen molar-refractivity contribution in [3.63, 3.8) is 0 Å². The summed E-state index contributed by atoms with van der Waals surface area (Å²) in [5.41, 5.74) is 10.5. The summed E-state index contributed by atoms with van der Waals surface area (Å²) in [6.45, 7) is 3.17. The summed E-state index contributed by atoms with van der Waals surface area (Å²) in [4.78, 5) is 31.2. The summed E-state index contributed by atoms with van der Waals surface area (Å²) < 4.78 is 12.6. The van der Waals surface area contributed by atoms with E-state index in [1.165, 1.54) is 0 Å². The summed E-state index contributed by atoms with van der Waals surface area (Å²) in [7, 11) is 1.64. The van der Waals surface area contributed by atoms with Gasteiger partial charge in [0.2, 0.25) is 0 Å². The van der Waals surface area contributed by atoms with E-state index in [-0.39, 0.29) is 19.0 Å². The highest BCUT2D eigenvalue weighted by Gasteiger charge is 2.17. The second kappa shape index (κ2) is 17.0. The molecule has 0 radical (unpaired) electrons. The number of nitrogens with two attached hydrogens (primary N) is 2. The van der Waals surface area contributed by atoms with Crippen LogP contribution in [0.5, 0.6) is 0 Å². The van der Waals surface area contributed by atoms with Gasteiger partial charge in [0.15, 0.2) is 11.0 Å². The number of methoxy groups -OCH3 is 1. The predicted octanol–water partition coefficient (Wildman–Crippen LogP) is 5.05. The lowest BCUT2D eigenvalue weighted by Crippen LogP contribution is -2.36. The van der Waals surface area contributed by atoms with Crippen molar-refractivity contribution in [3.8, 4) is 11.1 Å². The van der Waals surface area contributed by atoms with Gasteiger partial charge in [0.05, 0.1) is 25.5 Å². The van der Waals surface area contributed by atoms with Crippen LogP contribution in [0.3, 0.4) is 0 Å². The first-order valence-corrected chi connectivity index (χ1v) is 14.4. The van der Waals surface area contributed by atoms with Gasteiger partial charge >= 0.3 is 6.09 Å². The molecule has 0 bridgehead atoms. The molecule has 1 heterocycles. The van der Waals surface area contributed by atoms with Crippen molar-refractivity contribution < 1.29 is 24.2 Å². The summed E-state index contributed by atoms with van der Waals surface area (Å²) in [6, 6.07) is 15.4. The average molecular weight is 616 g/mol. The zero-order valence-corrected chi connectivity index (χ0v) is 25.2. The Hall–Kier alpha value is -4.20. The molecular weight excluding hydrogens is 578 g/mol. The number of nitrogens with zero attached hydrogens (tertiary/aromatic N) is 5. The van der Waals surface area contributed by atoms with Crippen molar-refractivity contribution in [3.05, 3.63) is 86.4 Å². The molecule has 2 aromatic carbocycles. The molecule has 1 aromatic heterocycles. The molecule has 0 atom stereocenters. The van der Waals surface area contributed by atoms with E-state index >= 15 is 0 Å². The van der Waals surface area contributed by atoms with Crippen molar-refractivity contribution in [2.24, 2.45) is 16.7 Å². The second-order valence-corrected chi connectivity index (χ2v) is 10.1. The largest absolute Gasteiger partial charge is 0.447 e. The molecule has 13 nitrogen and oxygen atoms in total. The normalized spacial score (nSPS) is 11.4. The minimum Gasteiger partial charge on any atom is -0.447 e. The van der Waals surface area contributed by atoms with Crippen molar-refractivity contribution >= 4 is 23.5 Å². The molecule has 0 aliphatic heterocycles. The van der Waals surface area contributed by atoms with E-state index in [9.17, 15) is 14.9 Å². The number of hydrazine groups is 1. The van der Waals surface area contributed by atoms with E-state index in [0.29, 0.717) is 48.2 Å². The molecule has 0 unspecified atom stereocenters. The van der Waals surface area contributed by atoms with Gasteiger partial charge in [-0.15, -0.1) is 20.3 Å². The van der Waals surface area contributed by atoms with Gasteiger partial charge in [-0.05, 0) is 42.4 Å². The highest BCUT2D eigenvalue weighted by Crippen LogP contribution is 2.26. The number of imidazole rings is 1. The number of hydrogen-bond donors (Lipinski definition) is 2. The lowest BCUT2D eigenvalue weighted by Gasteiger charge is -2.15. The maximum Gasteiger partial charge on any atom is 0.445 e. The van der Waals surface area contributed by atoms with E-state index in [4.69, 9.17) is 32.7 Å². The number of benzene rings is 2. The van der Waals surface area contributed by atoms with Gasteiger partial charge in [-0.1, -0.05) is 73.5 Å². The van der Waals surface area contributed by atoms with Crippen LogP contribution < -0.4 is 11.6 Å². The molecule has 0 aliphatic rings. The molecule has 0 spiro atoms. The Morgan fingerprint density at radius 2 is 1.84 bits per heavy atom. The van der Waals surface area contributed by atoms with Crippen molar-refractivity contribution in [2.45, 2.75) is 58.6 Å². The maximum absolute atomic E-state index is 12.3. The third-order valence-electron chi connectivity index (χ3n) is 6.56. The number of halogens is 1. The highest BCUT2D eigenvalue weighted by atomic mass is 35.5. The summed E-state index contributed by atoms with van der Waals surface area (Å²) >= 11 is 6.44. The average Bonchev–Trinajstić information content (AvgIpc) is 3.28. The number of unbranched alkanes of at least 4 members (excludes halogenated alkanes) is 3. The summed E-state index contributed by atoms with van der Waals surface area (Å²) in [5, 5.41) is 14.3. The minimum absolute atomic E-state index is 0.0122. The fourth-order valence-corrected chi connectivity index (χ4v) is 4.63. The molecule has 43 heavy (non-hydrogen) atoms. The second-order valence-electron chi connectivity index (χ2n) is 9.69. The number of amidine groups is 1. The molecule has 1 amide bonds. The van der Waals surface area contributed by atoms with E-state index in [0.717, 1.165) is 47.5 Å². The van der Waals surface area contributed by atoms with Crippen LogP contribution in [-0.4, -0.2) is 52.0 Å². The van der Waals surface area contributed by atoms with E-state index in [1.54, 1.807) is 13.2 Å². The van der Waals surface area contributed by atoms with Crippen LogP contribution >= 0.6 is 11.6 Å². The predicted molar refractivity (Wildman–Crippen MR) is 162 cm³/mol. The van der Waals surface area contributed by atoms with Gasteiger partial charge < -0.3 is 24.6 Å². The van der Waals surface area contributed by atoms with Gasteiger partial charge in [0, 0.05) is 25.6 Å². The minimum atomic E-state index is -0.878. The molecule has 4 N–H and O–H groups in total. The monoisotopic (exact) mass is 615 g/mol. The molecule has 232 valence electrons. The maximum atomic E-state index is 12.3. The molecular formula is C29H38ClN7O6. The first-order valence-electron chi connectivity index (χ1n) is 14.0. The van der Waals surface area contributed by atoms with Gasteiger partial charge in [0.1, 0.15) is 5.82 Å². The Balaban J connectivity index is 1.68. The van der Waals surface area contributed by atoms with E-state index in [2.05, 4.69) is 26.4 Å². The molecule has 0 saturated carbocycles. The fourth-order valence-electron chi connectivity index (χ4n) is 4.38. The first-order chi connectivity index (χ1) is 20.7. The van der Waals surface area contributed by atoms with Crippen molar-refractivity contribution in [2.75, 3.05) is 20.3 Å². The number of amides is 1. The standard InChI is InChI=1S/C29H38ClN7O6/c1-3-4-12-26-33-27(30)25(20-41-2)35(26)19-21-13-15-22(16-14-21)23-10-6-7-11-24(23)28(31)34-36(32)29(38)42-17-8-5-9-18-43-37(39)40/h6-7,10-11,13-16H,3-5,8-9,12,17-20,32H2,1-2H3,(H2,31,34). The van der Waals surface area contributed by atoms with Crippen LogP contribution in [0.25, 0.3) is 11.1 Å². The number of aryl methyl sites for hydroxylation is 1. The van der Waals surface area contributed by atoms with Crippen LogP contribution in [-0.2, 0) is 33.9 Å². The van der Waals surface area contributed by atoms with E-state index < -0.39 is 11.2 Å². The van der Waals surface area contributed by atoms with Crippen molar-refractivity contribution in [1.82, 2.24) is 14.7 Å². The van der Waals surface area contributed by atoms with Crippen LogP contribution in [0.4, 0.5) is 4.79 Å². The van der Waals surface area contributed by atoms with Gasteiger partial charge in [-0.2, -0.15) is 0 Å². The van der Waals surface area contributed by atoms with Gasteiger partial charge in [0.25, 0.3) is 5.09 Å². The topological polar surface area (TPSA) is 173 Å². The Labute approximate surface area is 255 Å². The zero-order valence-electron chi connectivity index (χ0n) is 24.4. The first kappa shape index (κ1) is 33.3. The number of hydrazone groups is 1. The Morgan fingerprint density at radius 1 is 1.12 bits per heavy atom. The molecule has 0 aliphatic carbocycles. The summed E-state index contributed by atoms with van der Waals surface area (Å²) in [6.07, 6.45) is 3.54. The molecule has 14 heteroatoms. The number of hydrogen-bond acceptors (Lipinski definition) is 9. The third kappa shape index (κ3) is 9.94. The number of carbonyl (C=O) groups excluding carboxylic acids is 1. The molecule has 0 fully saturated rings. The Bertz CT molecular complexity index is 1380. The molecule has 0 saturated heterocycles. The highest BCUT2D eigenvalue weighted by molar-refractivity contribution is 6.30. The van der Waals surface area contributed by atoms with Crippen LogP contribution in [0.1, 0.15) is 61.7 Å². The number of rotatable bonds is 17. The Morgan fingerprint density at radius 3 is 2.53 bits per heavy atom. The van der Waals surface area contributed by atoms with Crippen molar-refractivity contribution in [1.29, 1.82) is 0 Å². The fraction of sp³-hybridized carbons (Fsp3) is 0.414. The SMILES string of the molecule is CCCCc1nc(Cl)c(COC)n1Cc1ccc(-c2ccccc2/C(N)=N/N(N)C(=O)OCCCCCO[N+](=O)[O-])cc1. The number of ether oxygens (including phenoxy) is 2. The zero-order chi connectivity index (χ0) is 31.2. The third-order valence-corrected chi connectivity index (χ3v) is 6.86. The van der Waals surface area contributed by atoms with Crippen LogP contribution in [0, 0.1) is 10.1 Å².